The van der Waals surface area contributed by atoms with Crippen LogP contribution < -0.4 is 5.73 Å². The highest BCUT2D eigenvalue weighted by Gasteiger charge is 2.56. The summed E-state index contributed by atoms with van der Waals surface area (Å²) in [6, 6.07) is 0.443. The fourth-order valence-electron chi connectivity index (χ4n) is 4.33. The zero-order valence-corrected chi connectivity index (χ0v) is 11.3. The molecule has 2 aliphatic carbocycles. The van der Waals surface area contributed by atoms with Gasteiger partial charge >= 0.3 is 0 Å². The third kappa shape index (κ3) is 2.18. The molecule has 3 atom stereocenters. The molecule has 0 radical (unpaired) electrons. The smallest absolute Gasteiger partial charge is 0.226 e. The number of carbonyl (C=O) groups excluding carboxylic acids is 1. The van der Waals surface area contributed by atoms with Gasteiger partial charge in [0.15, 0.2) is 0 Å². The molecular formula is C15H26N2O. The minimum absolute atomic E-state index is 0.394. The lowest BCUT2D eigenvalue weighted by Crippen LogP contribution is -2.45. The van der Waals surface area contributed by atoms with E-state index >= 15 is 0 Å². The van der Waals surface area contributed by atoms with Gasteiger partial charge in [0.2, 0.25) is 5.91 Å². The van der Waals surface area contributed by atoms with Gasteiger partial charge in [-0.25, -0.2) is 0 Å². The highest BCUT2D eigenvalue weighted by Crippen LogP contribution is 2.56. The monoisotopic (exact) mass is 250 g/mol. The molecule has 1 heterocycles. The second kappa shape index (κ2) is 5.20. The summed E-state index contributed by atoms with van der Waals surface area (Å²) in [5.74, 6) is 2.36. The van der Waals surface area contributed by atoms with E-state index in [9.17, 15) is 4.79 Å². The number of piperidine rings is 1. The van der Waals surface area contributed by atoms with Crippen LogP contribution in [-0.4, -0.2) is 29.9 Å². The Balaban J connectivity index is 1.63. The van der Waals surface area contributed by atoms with Crippen LogP contribution in [0.15, 0.2) is 0 Å². The van der Waals surface area contributed by atoms with Gasteiger partial charge in [-0.05, 0) is 56.9 Å². The number of nitrogens with two attached hydrogens (primary N) is 1. The van der Waals surface area contributed by atoms with Crippen LogP contribution in [0.25, 0.3) is 0 Å². The van der Waals surface area contributed by atoms with Crippen molar-refractivity contribution < 1.29 is 4.79 Å². The van der Waals surface area contributed by atoms with Crippen molar-refractivity contribution in [1.29, 1.82) is 0 Å². The van der Waals surface area contributed by atoms with E-state index < -0.39 is 0 Å². The molecule has 3 aliphatic rings. The molecule has 0 spiro atoms. The molecule has 3 nitrogen and oxygen atoms in total. The summed E-state index contributed by atoms with van der Waals surface area (Å²) >= 11 is 0. The highest BCUT2D eigenvalue weighted by molar-refractivity contribution is 5.82. The summed E-state index contributed by atoms with van der Waals surface area (Å²) in [5.41, 5.74) is 5.69. The van der Waals surface area contributed by atoms with E-state index in [4.69, 9.17) is 5.73 Å². The van der Waals surface area contributed by atoms with E-state index in [0.29, 0.717) is 24.4 Å². The summed E-state index contributed by atoms with van der Waals surface area (Å²) in [5, 5.41) is 0. The van der Waals surface area contributed by atoms with E-state index in [1.165, 1.54) is 44.9 Å². The molecule has 0 aromatic carbocycles. The second-order valence-corrected chi connectivity index (χ2v) is 6.40. The van der Waals surface area contributed by atoms with Gasteiger partial charge in [-0.1, -0.05) is 12.8 Å². The number of nitrogens with zero attached hydrogens (tertiary/aromatic N) is 1. The van der Waals surface area contributed by atoms with Gasteiger partial charge in [0.1, 0.15) is 0 Å². The van der Waals surface area contributed by atoms with Gasteiger partial charge in [0, 0.05) is 18.5 Å². The standard InChI is InChI=1S/C15H26N2O/c16-9-8-11-5-3-4-10-17(11)15(18)14-12-6-1-2-7-13(12)14/h11-14H,1-10,16H2. The summed E-state index contributed by atoms with van der Waals surface area (Å²) in [6.07, 6.45) is 9.92. The van der Waals surface area contributed by atoms with Crippen LogP contribution in [-0.2, 0) is 4.79 Å². The van der Waals surface area contributed by atoms with Gasteiger partial charge in [0.05, 0.1) is 0 Å². The summed E-state index contributed by atoms with van der Waals surface area (Å²) in [4.78, 5) is 14.9. The van der Waals surface area contributed by atoms with Crippen molar-refractivity contribution in [3.05, 3.63) is 0 Å². The average molecular weight is 250 g/mol. The normalized spacial score (nSPS) is 39.3. The van der Waals surface area contributed by atoms with Crippen molar-refractivity contribution in [2.24, 2.45) is 23.5 Å². The maximum Gasteiger partial charge on any atom is 0.226 e. The van der Waals surface area contributed by atoms with Crippen molar-refractivity contribution in [2.45, 2.75) is 57.4 Å². The minimum Gasteiger partial charge on any atom is -0.339 e. The quantitative estimate of drug-likeness (QED) is 0.834. The number of likely N-dealkylation sites (tertiary alicyclic amines) is 1. The first-order valence-electron chi connectivity index (χ1n) is 7.83. The molecule has 3 unspecified atom stereocenters. The number of hydrogen-bond donors (Lipinski definition) is 1. The van der Waals surface area contributed by atoms with Gasteiger partial charge in [-0.2, -0.15) is 0 Å². The number of rotatable bonds is 3. The molecule has 0 bridgehead atoms. The van der Waals surface area contributed by atoms with Crippen LogP contribution in [0.1, 0.15) is 51.4 Å². The van der Waals surface area contributed by atoms with E-state index in [1.807, 2.05) is 0 Å². The fourth-order valence-corrected chi connectivity index (χ4v) is 4.33. The molecule has 2 saturated carbocycles. The Hall–Kier alpha value is -0.570. The van der Waals surface area contributed by atoms with Crippen LogP contribution in [0.5, 0.6) is 0 Å². The number of amides is 1. The van der Waals surface area contributed by atoms with Gasteiger partial charge in [-0.15, -0.1) is 0 Å². The van der Waals surface area contributed by atoms with Crippen molar-refractivity contribution in [3.63, 3.8) is 0 Å². The summed E-state index contributed by atoms with van der Waals surface area (Å²) in [6.45, 7) is 1.70. The Morgan fingerprint density at radius 3 is 2.39 bits per heavy atom. The Kier molecular flexibility index (Phi) is 3.60. The molecule has 18 heavy (non-hydrogen) atoms. The highest BCUT2D eigenvalue weighted by atomic mass is 16.2. The molecule has 1 amide bonds. The zero-order valence-electron chi connectivity index (χ0n) is 11.3. The number of hydrogen-bond acceptors (Lipinski definition) is 2. The first-order chi connectivity index (χ1) is 8.83. The molecule has 102 valence electrons. The lowest BCUT2D eigenvalue weighted by atomic mass is 9.98. The van der Waals surface area contributed by atoms with Crippen molar-refractivity contribution >= 4 is 5.91 Å². The molecule has 3 heteroatoms. The first kappa shape index (κ1) is 12.5. The largest absolute Gasteiger partial charge is 0.339 e. The first-order valence-corrected chi connectivity index (χ1v) is 7.83. The van der Waals surface area contributed by atoms with Crippen LogP contribution in [0.4, 0.5) is 0 Å². The predicted octanol–water partition coefficient (Wildman–Crippen LogP) is 2.15. The maximum absolute atomic E-state index is 12.7. The summed E-state index contributed by atoms with van der Waals surface area (Å²) in [7, 11) is 0. The van der Waals surface area contributed by atoms with Gasteiger partial charge < -0.3 is 10.6 Å². The third-order valence-electron chi connectivity index (χ3n) is 5.35. The van der Waals surface area contributed by atoms with Crippen LogP contribution in [0.3, 0.4) is 0 Å². The fraction of sp³-hybridized carbons (Fsp3) is 0.933. The molecule has 3 rings (SSSR count). The topological polar surface area (TPSA) is 46.3 Å². The minimum atomic E-state index is 0.394. The van der Waals surface area contributed by atoms with Crippen LogP contribution in [0, 0.1) is 17.8 Å². The molecule has 0 aromatic heterocycles. The van der Waals surface area contributed by atoms with E-state index in [2.05, 4.69) is 4.90 Å². The third-order valence-corrected chi connectivity index (χ3v) is 5.35. The summed E-state index contributed by atoms with van der Waals surface area (Å²) < 4.78 is 0. The van der Waals surface area contributed by atoms with Crippen molar-refractivity contribution in [2.75, 3.05) is 13.1 Å². The molecule has 2 N–H and O–H groups in total. The van der Waals surface area contributed by atoms with E-state index in [-0.39, 0.29) is 0 Å². The Morgan fingerprint density at radius 1 is 1.06 bits per heavy atom. The van der Waals surface area contributed by atoms with Crippen LogP contribution >= 0.6 is 0 Å². The van der Waals surface area contributed by atoms with Crippen molar-refractivity contribution in [3.8, 4) is 0 Å². The average Bonchev–Trinajstić information content (AvgIpc) is 3.13. The molecule has 0 aromatic rings. The number of fused-ring (bicyclic) bond motifs is 1. The van der Waals surface area contributed by atoms with Gasteiger partial charge in [-0.3, -0.25) is 4.79 Å². The predicted molar refractivity (Wildman–Crippen MR) is 72.0 cm³/mol. The van der Waals surface area contributed by atoms with Gasteiger partial charge in [0.25, 0.3) is 0 Å². The van der Waals surface area contributed by atoms with Crippen LogP contribution in [0.2, 0.25) is 0 Å². The molecule has 1 aliphatic heterocycles. The Labute approximate surface area is 110 Å². The maximum atomic E-state index is 12.7. The lowest BCUT2D eigenvalue weighted by Gasteiger charge is -2.36. The van der Waals surface area contributed by atoms with E-state index in [1.54, 1.807) is 0 Å². The molecule has 3 fully saturated rings. The second-order valence-electron chi connectivity index (χ2n) is 6.40. The Bertz CT molecular complexity index is 304. The number of carbonyl (C=O) groups is 1. The van der Waals surface area contributed by atoms with E-state index in [0.717, 1.165) is 24.8 Å². The Morgan fingerprint density at radius 2 is 1.72 bits per heavy atom. The molecular weight excluding hydrogens is 224 g/mol. The van der Waals surface area contributed by atoms with Crippen molar-refractivity contribution in [1.82, 2.24) is 4.90 Å². The SMILES string of the molecule is NCCC1CCCCN1C(=O)C1C2CCCCC21. The lowest BCUT2D eigenvalue weighted by molar-refractivity contribution is -0.137. The zero-order chi connectivity index (χ0) is 12.5. The molecule has 1 saturated heterocycles.